The van der Waals surface area contributed by atoms with Crippen molar-refractivity contribution < 1.29 is 0 Å². The van der Waals surface area contributed by atoms with Crippen molar-refractivity contribution in [1.82, 2.24) is 13.2 Å². The van der Waals surface area contributed by atoms with E-state index >= 15 is 0 Å². The van der Waals surface area contributed by atoms with Crippen LogP contribution in [0, 0.1) is 0 Å². The maximum atomic E-state index is 3.99. The molecule has 12 heavy (non-hydrogen) atoms. The zero-order chi connectivity index (χ0) is 8.39. The molecule has 1 aromatic carbocycles. The number of nitrogens with zero attached hydrogens (tertiary/aromatic N) is 3. The summed E-state index contributed by atoms with van der Waals surface area (Å²) in [6.45, 7) is 0. The Labute approximate surface area is 83.9 Å². The van der Waals surface area contributed by atoms with Crippen LogP contribution in [0.1, 0.15) is 0 Å². The van der Waals surface area contributed by atoms with Crippen LogP contribution in [0.5, 0.6) is 0 Å². The third-order valence-corrected chi connectivity index (χ3v) is 2.01. The zero-order valence-corrected chi connectivity index (χ0v) is 8.34. The van der Waals surface area contributed by atoms with Crippen molar-refractivity contribution in [1.29, 1.82) is 0 Å². The van der Waals surface area contributed by atoms with Gasteiger partial charge in [0, 0.05) is 5.56 Å². The standard InChI is InChI=1S/C8H6IN3/c9-12-6-8(10-11-12)7-4-2-1-3-5-7/h1-6H. The lowest BCUT2D eigenvalue weighted by molar-refractivity contribution is 0.921. The minimum Gasteiger partial charge on any atom is -0.191 e. The topological polar surface area (TPSA) is 30.7 Å². The third-order valence-electron chi connectivity index (χ3n) is 1.54. The van der Waals surface area contributed by atoms with Crippen molar-refractivity contribution in [2.75, 3.05) is 0 Å². The molecule has 1 aromatic heterocycles. The van der Waals surface area contributed by atoms with Crippen LogP contribution < -0.4 is 0 Å². The van der Waals surface area contributed by atoms with Gasteiger partial charge in [-0.2, -0.15) is 2.90 Å². The number of hydrogen-bond acceptors (Lipinski definition) is 2. The Morgan fingerprint density at radius 3 is 2.50 bits per heavy atom. The molecule has 0 aliphatic carbocycles. The van der Waals surface area contributed by atoms with Crippen molar-refractivity contribution in [3.05, 3.63) is 36.5 Å². The molecular weight excluding hydrogens is 265 g/mol. The van der Waals surface area contributed by atoms with Gasteiger partial charge in [-0.25, -0.2) is 0 Å². The number of halogens is 1. The summed E-state index contributed by atoms with van der Waals surface area (Å²) in [4.78, 5) is 0. The van der Waals surface area contributed by atoms with Gasteiger partial charge in [0.05, 0.1) is 29.1 Å². The van der Waals surface area contributed by atoms with E-state index in [0.29, 0.717) is 0 Å². The molecule has 1 heterocycles. The lowest BCUT2D eigenvalue weighted by atomic mass is 10.2. The molecule has 0 radical (unpaired) electrons. The smallest absolute Gasteiger partial charge is 0.113 e. The van der Waals surface area contributed by atoms with Crippen LogP contribution in [0.15, 0.2) is 36.5 Å². The molecule has 0 amide bonds. The highest BCUT2D eigenvalue weighted by atomic mass is 127. The Balaban J connectivity index is 2.45. The summed E-state index contributed by atoms with van der Waals surface area (Å²) in [5.74, 6) is 0. The molecule has 0 bridgehead atoms. The normalized spacial score (nSPS) is 10.1. The first-order valence-corrected chi connectivity index (χ1v) is 4.47. The van der Waals surface area contributed by atoms with E-state index in [4.69, 9.17) is 0 Å². The van der Waals surface area contributed by atoms with E-state index in [1.165, 1.54) is 0 Å². The van der Waals surface area contributed by atoms with Gasteiger partial charge in [-0.1, -0.05) is 35.5 Å². The van der Waals surface area contributed by atoms with Crippen molar-refractivity contribution in [3.8, 4) is 11.3 Å². The Bertz CT molecular complexity index is 369. The molecule has 3 nitrogen and oxygen atoms in total. The van der Waals surface area contributed by atoms with E-state index in [9.17, 15) is 0 Å². The minimum absolute atomic E-state index is 0.907. The summed E-state index contributed by atoms with van der Waals surface area (Å²) in [6.07, 6.45) is 1.88. The van der Waals surface area contributed by atoms with Gasteiger partial charge in [-0.3, -0.25) is 0 Å². The van der Waals surface area contributed by atoms with Crippen molar-refractivity contribution >= 4 is 22.9 Å². The average molecular weight is 271 g/mol. The molecule has 0 atom stereocenters. The third kappa shape index (κ3) is 1.47. The van der Waals surface area contributed by atoms with E-state index in [-0.39, 0.29) is 0 Å². The quantitative estimate of drug-likeness (QED) is 0.744. The van der Waals surface area contributed by atoms with Gasteiger partial charge in [0.1, 0.15) is 5.69 Å². The molecule has 60 valence electrons. The van der Waals surface area contributed by atoms with E-state index in [2.05, 4.69) is 33.2 Å². The predicted molar refractivity (Wildman–Crippen MR) is 54.9 cm³/mol. The second kappa shape index (κ2) is 3.22. The Morgan fingerprint density at radius 2 is 1.92 bits per heavy atom. The molecule has 0 aliphatic heterocycles. The van der Waals surface area contributed by atoms with Crippen molar-refractivity contribution in [3.63, 3.8) is 0 Å². The van der Waals surface area contributed by atoms with Gasteiger partial charge in [-0.05, 0) is 0 Å². The van der Waals surface area contributed by atoms with Gasteiger partial charge >= 0.3 is 0 Å². The monoisotopic (exact) mass is 271 g/mol. The molecule has 0 fully saturated rings. The summed E-state index contributed by atoms with van der Waals surface area (Å²) in [7, 11) is 0. The molecule has 0 saturated carbocycles. The van der Waals surface area contributed by atoms with E-state index in [1.54, 1.807) is 2.90 Å². The van der Waals surface area contributed by atoms with Gasteiger partial charge in [0.2, 0.25) is 0 Å². The lowest BCUT2D eigenvalue weighted by Gasteiger charge is -1.91. The minimum atomic E-state index is 0.907. The lowest BCUT2D eigenvalue weighted by Crippen LogP contribution is -1.76. The van der Waals surface area contributed by atoms with Crippen molar-refractivity contribution in [2.24, 2.45) is 0 Å². The number of rotatable bonds is 1. The fourth-order valence-electron chi connectivity index (χ4n) is 0.985. The van der Waals surface area contributed by atoms with Crippen LogP contribution >= 0.6 is 22.9 Å². The van der Waals surface area contributed by atoms with E-state index < -0.39 is 0 Å². The highest BCUT2D eigenvalue weighted by molar-refractivity contribution is 14.1. The molecule has 0 spiro atoms. The molecule has 0 N–H and O–H groups in total. The maximum Gasteiger partial charge on any atom is 0.113 e. The zero-order valence-electron chi connectivity index (χ0n) is 6.18. The van der Waals surface area contributed by atoms with Gasteiger partial charge in [-0.15, -0.1) is 5.10 Å². The highest BCUT2D eigenvalue weighted by Crippen LogP contribution is 2.15. The van der Waals surface area contributed by atoms with Crippen LogP contribution in [0.25, 0.3) is 11.3 Å². The fraction of sp³-hybridized carbons (Fsp3) is 0. The van der Waals surface area contributed by atoms with Gasteiger partial charge < -0.3 is 0 Å². The highest BCUT2D eigenvalue weighted by Gasteiger charge is 1.99. The number of aromatic nitrogens is 3. The number of hydrogen-bond donors (Lipinski definition) is 0. The molecule has 2 aromatic rings. The first kappa shape index (κ1) is 7.72. The second-order valence-corrected chi connectivity index (χ2v) is 3.35. The molecule has 0 saturated heterocycles. The largest absolute Gasteiger partial charge is 0.191 e. The van der Waals surface area contributed by atoms with Crippen LogP contribution in [-0.4, -0.2) is 13.2 Å². The Kier molecular flexibility index (Phi) is 2.07. The van der Waals surface area contributed by atoms with Gasteiger partial charge in [0.25, 0.3) is 0 Å². The van der Waals surface area contributed by atoms with E-state index in [1.807, 2.05) is 36.5 Å². The fourth-order valence-corrected chi connectivity index (χ4v) is 1.34. The summed E-state index contributed by atoms with van der Waals surface area (Å²) in [5, 5.41) is 7.84. The Hall–Kier alpha value is -0.910. The SMILES string of the molecule is In1cc(-c2ccccc2)nn1. The van der Waals surface area contributed by atoms with Crippen LogP contribution in [0.3, 0.4) is 0 Å². The molecule has 0 aliphatic rings. The first-order chi connectivity index (χ1) is 5.86. The maximum absolute atomic E-state index is 3.99. The van der Waals surface area contributed by atoms with Crippen LogP contribution in [-0.2, 0) is 0 Å². The first-order valence-electron chi connectivity index (χ1n) is 3.50. The van der Waals surface area contributed by atoms with E-state index in [0.717, 1.165) is 11.3 Å². The molecule has 4 heteroatoms. The second-order valence-electron chi connectivity index (χ2n) is 2.36. The molecule has 0 unspecified atom stereocenters. The molecule has 2 rings (SSSR count). The summed E-state index contributed by atoms with van der Waals surface area (Å²) in [6, 6.07) is 9.99. The van der Waals surface area contributed by atoms with Crippen molar-refractivity contribution in [2.45, 2.75) is 0 Å². The van der Waals surface area contributed by atoms with Crippen LogP contribution in [0.4, 0.5) is 0 Å². The molecular formula is C8H6IN3. The predicted octanol–water partition coefficient (Wildman–Crippen LogP) is 2.14. The number of benzene rings is 1. The average Bonchev–Trinajstić information content (AvgIpc) is 2.54. The summed E-state index contributed by atoms with van der Waals surface area (Å²) in [5.41, 5.74) is 2.01. The van der Waals surface area contributed by atoms with Gasteiger partial charge in [0.15, 0.2) is 0 Å². The Morgan fingerprint density at radius 1 is 1.17 bits per heavy atom. The summed E-state index contributed by atoms with van der Waals surface area (Å²) >= 11 is 2.07. The van der Waals surface area contributed by atoms with Crippen LogP contribution in [0.2, 0.25) is 0 Å². The summed E-state index contributed by atoms with van der Waals surface area (Å²) < 4.78 is 1.67.